The van der Waals surface area contributed by atoms with Crippen molar-refractivity contribution in [2.45, 2.75) is 120 Å². The van der Waals surface area contributed by atoms with Gasteiger partial charge in [0.1, 0.15) is 38.6 Å². The molecule has 4 fully saturated rings. The molecule has 0 unspecified atom stereocenters. The number of hydrogen-bond acceptors (Lipinski definition) is 7. The number of carbonyl (C=O) groups excluding carboxylic acids is 1. The van der Waals surface area contributed by atoms with E-state index in [0.29, 0.717) is 6.42 Å². The Morgan fingerprint density at radius 1 is 1.10 bits per heavy atom. The fourth-order valence-corrected chi connectivity index (χ4v) is 5.73. The summed E-state index contributed by atoms with van der Waals surface area (Å²) >= 11 is 0. The first kappa shape index (κ1) is 23.2. The fraction of sp³-hybridized carbons (Fsp3) is 0.870. The van der Waals surface area contributed by atoms with E-state index in [0.717, 1.165) is 32.1 Å². The van der Waals surface area contributed by atoms with Crippen LogP contribution in [0, 0.1) is 11.5 Å². The van der Waals surface area contributed by atoms with Crippen molar-refractivity contribution in [2.75, 3.05) is 7.11 Å². The number of rotatable bonds is 3. The Labute approximate surface area is 186 Å². The third-order valence-electron chi connectivity index (χ3n) is 6.64. The van der Waals surface area contributed by atoms with Gasteiger partial charge >= 0.3 is 5.97 Å². The zero-order valence-electron chi connectivity index (χ0n) is 19.1. The van der Waals surface area contributed by atoms with Gasteiger partial charge in [-0.3, -0.25) is 4.79 Å². The van der Waals surface area contributed by atoms with E-state index in [2.05, 4.69) is 31.1 Å². The molecule has 4 aliphatic rings. The van der Waals surface area contributed by atoms with Gasteiger partial charge in [-0.1, -0.05) is 32.0 Å². The normalized spacial score (nSPS) is 37.8. The van der Waals surface area contributed by atoms with Gasteiger partial charge in [0.15, 0.2) is 5.79 Å². The largest absolute Gasteiger partial charge is 0.469 e. The van der Waals surface area contributed by atoms with Crippen molar-refractivity contribution < 1.29 is 33.6 Å². The minimum Gasteiger partial charge on any atom is -0.469 e. The van der Waals surface area contributed by atoms with Crippen molar-refractivity contribution in [3.63, 3.8) is 0 Å². The molecule has 31 heavy (non-hydrogen) atoms. The number of hydrogen-bond donors (Lipinski definition) is 1. The molecule has 0 aromatic rings. The Hall–Kier alpha value is -0.953. The quantitative estimate of drug-likeness (QED) is 0.400. The van der Waals surface area contributed by atoms with E-state index >= 15 is 0 Å². The molecule has 3 saturated heterocycles. The standard InChI is InChI=1S/C23H36O7Si/c1-26-18(25)14-15-8-9-17-20(27-15)22-21(29-23(30-22)11-6-5-7-12-23)19(28-17)16(24)10-13-31(2,3)4/h15-17,19-22,24H,5-9,11-12,14H2,1-4H3/t15-,16+,17+,19+,20+,21-,22+/m1/s1. The summed E-state index contributed by atoms with van der Waals surface area (Å²) in [6, 6.07) is 0. The Kier molecular flexibility index (Phi) is 6.83. The van der Waals surface area contributed by atoms with Crippen LogP contribution in [-0.4, -0.2) is 74.8 Å². The molecule has 7 nitrogen and oxygen atoms in total. The van der Waals surface area contributed by atoms with Gasteiger partial charge in [0, 0.05) is 12.8 Å². The number of ether oxygens (including phenoxy) is 5. The van der Waals surface area contributed by atoms with E-state index < -0.39 is 32.2 Å². The van der Waals surface area contributed by atoms with Crippen LogP contribution < -0.4 is 0 Å². The number of carbonyl (C=O) groups is 1. The summed E-state index contributed by atoms with van der Waals surface area (Å²) in [5.74, 6) is 2.13. The number of aliphatic hydroxyl groups is 1. The molecule has 0 aromatic heterocycles. The molecule has 0 radical (unpaired) electrons. The summed E-state index contributed by atoms with van der Waals surface area (Å²) in [6.07, 6.45) is 3.56. The van der Waals surface area contributed by atoms with Crippen molar-refractivity contribution in [3.8, 4) is 11.5 Å². The number of fused-ring (bicyclic) bond motifs is 3. The smallest absolute Gasteiger partial charge is 0.308 e. The molecule has 1 saturated carbocycles. The maximum absolute atomic E-state index is 11.8. The monoisotopic (exact) mass is 452 g/mol. The maximum atomic E-state index is 11.8. The average Bonchev–Trinajstić information content (AvgIpc) is 3.10. The molecular weight excluding hydrogens is 416 g/mol. The summed E-state index contributed by atoms with van der Waals surface area (Å²) in [4.78, 5) is 11.8. The second kappa shape index (κ2) is 9.12. The number of esters is 1. The molecule has 1 spiro atoms. The lowest BCUT2D eigenvalue weighted by Crippen LogP contribution is -2.62. The van der Waals surface area contributed by atoms with Crippen molar-refractivity contribution in [2.24, 2.45) is 0 Å². The third-order valence-corrected chi connectivity index (χ3v) is 7.53. The van der Waals surface area contributed by atoms with Crippen LogP contribution in [0.1, 0.15) is 51.4 Å². The number of aliphatic hydroxyl groups excluding tert-OH is 1. The Bertz CT molecular complexity index is 718. The second-order valence-electron chi connectivity index (χ2n) is 10.3. The van der Waals surface area contributed by atoms with E-state index in [-0.39, 0.29) is 36.8 Å². The highest BCUT2D eigenvalue weighted by molar-refractivity contribution is 6.83. The number of methoxy groups -OCH3 is 1. The van der Waals surface area contributed by atoms with Gasteiger partial charge in [0.2, 0.25) is 0 Å². The topological polar surface area (TPSA) is 83.5 Å². The molecular formula is C23H36O7Si. The van der Waals surface area contributed by atoms with Crippen LogP contribution in [0.4, 0.5) is 0 Å². The van der Waals surface area contributed by atoms with E-state index in [1.807, 2.05) is 0 Å². The lowest BCUT2D eigenvalue weighted by molar-refractivity contribution is -0.249. The predicted octanol–water partition coefficient (Wildman–Crippen LogP) is 2.55. The summed E-state index contributed by atoms with van der Waals surface area (Å²) in [5, 5.41) is 11.0. The van der Waals surface area contributed by atoms with Gasteiger partial charge in [-0.2, -0.15) is 0 Å². The van der Waals surface area contributed by atoms with Crippen molar-refractivity contribution in [3.05, 3.63) is 0 Å². The van der Waals surface area contributed by atoms with Gasteiger partial charge in [-0.25, -0.2) is 0 Å². The zero-order chi connectivity index (χ0) is 22.2. The van der Waals surface area contributed by atoms with E-state index in [1.54, 1.807) is 0 Å². The molecule has 0 bridgehead atoms. The van der Waals surface area contributed by atoms with Gasteiger partial charge in [0.25, 0.3) is 0 Å². The Morgan fingerprint density at radius 2 is 1.81 bits per heavy atom. The van der Waals surface area contributed by atoms with Crippen molar-refractivity contribution >= 4 is 14.0 Å². The van der Waals surface area contributed by atoms with Gasteiger partial charge in [-0.15, -0.1) is 5.54 Å². The molecule has 4 rings (SSSR count). The molecule has 3 heterocycles. The van der Waals surface area contributed by atoms with E-state index in [1.165, 1.54) is 13.5 Å². The van der Waals surface area contributed by atoms with Crippen molar-refractivity contribution in [1.82, 2.24) is 0 Å². The van der Waals surface area contributed by atoms with Crippen LogP contribution in [0.2, 0.25) is 19.6 Å². The minimum absolute atomic E-state index is 0.217. The third kappa shape index (κ3) is 5.18. The first-order valence-corrected chi connectivity index (χ1v) is 15.1. The van der Waals surface area contributed by atoms with Crippen LogP contribution in [0.25, 0.3) is 0 Å². The summed E-state index contributed by atoms with van der Waals surface area (Å²) in [6.45, 7) is 6.45. The van der Waals surface area contributed by atoms with Crippen molar-refractivity contribution in [1.29, 1.82) is 0 Å². The van der Waals surface area contributed by atoms with Gasteiger partial charge < -0.3 is 28.8 Å². The van der Waals surface area contributed by atoms with Gasteiger partial charge in [0.05, 0.1) is 25.7 Å². The Balaban J connectivity index is 1.56. The highest BCUT2D eigenvalue weighted by atomic mass is 28.3. The second-order valence-corrected chi connectivity index (χ2v) is 15.1. The lowest BCUT2D eigenvalue weighted by Gasteiger charge is -2.46. The molecule has 174 valence electrons. The van der Waals surface area contributed by atoms with E-state index in [4.69, 9.17) is 23.7 Å². The summed E-state index contributed by atoms with van der Waals surface area (Å²) < 4.78 is 30.6. The van der Waals surface area contributed by atoms with Crippen LogP contribution in [0.5, 0.6) is 0 Å². The summed E-state index contributed by atoms with van der Waals surface area (Å²) in [7, 11) is -0.245. The molecule has 1 aliphatic carbocycles. The molecule has 1 N–H and O–H groups in total. The molecule has 0 amide bonds. The predicted molar refractivity (Wildman–Crippen MR) is 116 cm³/mol. The highest BCUT2D eigenvalue weighted by Crippen LogP contribution is 2.47. The maximum Gasteiger partial charge on any atom is 0.308 e. The average molecular weight is 453 g/mol. The fourth-order valence-electron chi connectivity index (χ4n) is 5.14. The first-order valence-electron chi connectivity index (χ1n) is 11.6. The van der Waals surface area contributed by atoms with E-state index in [9.17, 15) is 9.90 Å². The van der Waals surface area contributed by atoms with Crippen LogP contribution in [0.3, 0.4) is 0 Å². The SMILES string of the molecule is COC(=O)C[C@H]1CC[C@@H]2O[C@@H]([C@@H](O)C#C[Si](C)(C)C)[C@H]3OC4(CCCCC4)O[C@H]3[C@H]2O1. The molecule has 0 aromatic carbocycles. The Morgan fingerprint density at radius 3 is 2.48 bits per heavy atom. The van der Waals surface area contributed by atoms with Crippen LogP contribution in [0.15, 0.2) is 0 Å². The lowest BCUT2D eigenvalue weighted by atomic mass is 9.87. The van der Waals surface area contributed by atoms with Gasteiger partial charge in [-0.05, 0) is 25.7 Å². The summed E-state index contributed by atoms with van der Waals surface area (Å²) in [5.41, 5.74) is 3.26. The van der Waals surface area contributed by atoms with Crippen LogP contribution >= 0.6 is 0 Å². The highest BCUT2D eigenvalue weighted by Gasteiger charge is 2.60. The van der Waals surface area contributed by atoms with Crippen LogP contribution in [-0.2, 0) is 28.5 Å². The minimum atomic E-state index is -1.64. The molecule has 3 aliphatic heterocycles. The zero-order valence-corrected chi connectivity index (χ0v) is 20.1. The molecule has 8 heteroatoms. The molecule has 7 atom stereocenters. The first-order chi connectivity index (χ1) is 14.7.